The molecule has 0 bridgehead atoms. The molecule has 0 spiro atoms. The van der Waals surface area contributed by atoms with Crippen molar-refractivity contribution < 1.29 is 22.4 Å². The zero-order valence-corrected chi connectivity index (χ0v) is 19.0. The van der Waals surface area contributed by atoms with Crippen LogP contribution in [0.4, 0.5) is 10.1 Å². The van der Waals surface area contributed by atoms with Gasteiger partial charge in [0.2, 0.25) is 5.91 Å². The summed E-state index contributed by atoms with van der Waals surface area (Å²) >= 11 is 0. The molecule has 3 N–H and O–H groups in total. The van der Waals surface area contributed by atoms with Crippen LogP contribution in [0.2, 0.25) is 0 Å². The minimum Gasteiger partial charge on any atom is -0.352 e. The molecule has 176 valence electrons. The standard InChI is InChI=1S/C25H24FN3O4S/c26-21-8-4-5-9-22(21)29-34(32,33)20-14-10-18(11-15-20)24(30)28-23(25(31)27-19-12-13-19)16-17-6-2-1-3-7-17/h1-11,14-15,19,23,29H,12-13,16H2,(H,27,31)(H,28,30). The summed E-state index contributed by atoms with van der Waals surface area (Å²) in [6.45, 7) is 0. The molecule has 1 atom stereocenters. The minimum atomic E-state index is -4.05. The van der Waals surface area contributed by atoms with Crippen molar-refractivity contribution in [1.29, 1.82) is 0 Å². The Balaban J connectivity index is 1.46. The summed E-state index contributed by atoms with van der Waals surface area (Å²) in [5.74, 6) is -1.46. The van der Waals surface area contributed by atoms with E-state index in [-0.39, 0.29) is 28.1 Å². The van der Waals surface area contributed by atoms with Gasteiger partial charge in [-0.15, -0.1) is 0 Å². The summed E-state index contributed by atoms with van der Waals surface area (Å²) in [6.07, 6.45) is 2.17. The molecule has 0 aromatic heterocycles. The van der Waals surface area contributed by atoms with Gasteiger partial charge in [0.25, 0.3) is 15.9 Å². The summed E-state index contributed by atoms with van der Waals surface area (Å²) in [5.41, 5.74) is 0.927. The van der Waals surface area contributed by atoms with E-state index in [9.17, 15) is 22.4 Å². The number of anilines is 1. The van der Waals surface area contributed by atoms with Gasteiger partial charge in [-0.3, -0.25) is 14.3 Å². The van der Waals surface area contributed by atoms with Gasteiger partial charge in [-0.1, -0.05) is 42.5 Å². The Morgan fingerprint density at radius 3 is 2.21 bits per heavy atom. The van der Waals surface area contributed by atoms with Crippen molar-refractivity contribution in [2.75, 3.05) is 4.72 Å². The Morgan fingerprint density at radius 2 is 1.56 bits per heavy atom. The first-order chi connectivity index (χ1) is 16.3. The molecule has 0 heterocycles. The van der Waals surface area contributed by atoms with E-state index >= 15 is 0 Å². The normalized spacial score (nSPS) is 14.1. The highest BCUT2D eigenvalue weighted by atomic mass is 32.2. The minimum absolute atomic E-state index is 0.125. The fraction of sp³-hybridized carbons (Fsp3) is 0.200. The van der Waals surface area contributed by atoms with Gasteiger partial charge >= 0.3 is 0 Å². The Bertz CT molecular complexity index is 1280. The highest BCUT2D eigenvalue weighted by molar-refractivity contribution is 7.92. The lowest BCUT2D eigenvalue weighted by Gasteiger charge is -2.19. The Kier molecular flexibility index (Phi) is 6.93. The van der Waals surface area contributed by atoms with Crippen LogP contribution in [0.3, 0.4) is 0 Å². The summed E-state index contributed by atoms with van der Waals surface area (Å²) < 4.78 is 41.2. The van der Waals surface area contributed by atoms with Gasteiger partial charge in [0, 0.05) is 18.0 Å². The lowest BCUT2D eigenvalue weighted by atomic mass is 10.0. The van der Waals surface area contributed by atoms with E-state index in [1.54, 1.807) is 0 Å². The maximum atomic E-state index is 13.8. The van der Waals surface area contributed by atoms with Crippen LogP contribution >= 0.6 is 0 Å². The molecule has 1 aliphatic carbocycles. The van der Waals surface area contributed by atoms with Gasteiger partial charge < -0.3 is 10.6 Å². The first-order valence-corrected chi connectivity index (χ1v) is 12.3. The van der Waals surface area contributed by atoms with Crippen molar-refractivity contribution >= 4 is 27.5 Å². The zero-order valence-electron chi connectivity index (χ0n) is 18.2. The van der Waals surface area contributed by atoms with Crippen LogP contribution in [0.15, 0.2) is 83.8 Å². The van der Waals surface area contributed by atoms with E-state index in [2.05, 4.69) is 15.4 Å². The molecule has 4 rings (SSSR count). The van der Waals surface area contributed by atoms with E-state index < -0.39 is 27.8 Å². The number of carbonyl (C=O) groups is 2. The van der Waals surface area contributed by atoms with Crippen LogP contribution in [0.25, 0.3) is 0 Å². The van der Waals surface area contributed by atoms with E-state index in [0.29, 0.717) is 6.42 Å². The first-order valence-electron chi connectivity index (χ1n) is 10.8. The molecule has 1 aliphatic rings. The number of para-hydroxylation sites is 1. The fourth-order valence-electron chi connectivity index (χ4n) is 3.36. The average molecular weight is 482 g/mol. The molecule has 34 heavy (non-hydrogen) atoms. The van der Waals surface area contributed by atoms with Crippen LogP contribution in [0, 0.1) is 5.82 Å². The summed E-state index contributed by atoms with van der Waals surface area (Å²) in [6, 6.07) is 19.4. The van der Waals surface area contributed by atoms with Gasteiger partial charge in [-0.05, 0) is 54.8 Å². The predicted octanol–water partition coefficient (Wildman–Crippen LogP) is 3.25. The lowest BCUT2D eigenvalue weighted by Crippen LogP contribution is -2.48. The van der Waals surface area contributed by atoms with Crippen LogP contribution in [-0.2, 0) is 21.2 Å². The number of hydrogen-bond acceptors (Lipinski definition) is 4. The van der Waals surface area contributed by atoms with Crippen molar-refractivity contribution in [2.45, 2.75) is 36.2 Å². The third kappa shape index (κ3) is 5.99. The molecule has 9 heteroatoms. The van der Waals surface area contributed by atoms with Crippen LogP contribution in [-0.4, -0.2) is 32.3 Å². The van der Waals surface area contributed by atoms with Crippen molar-refractivity contribution in [2.24, 2.45) is 0 Å². The van der Waals surface area contributed by atoms with Gasteiger partial charge in [0.15, 0.2) is 0 Å². The van der Waals surface area contributed by atoms with Crippen LogP contribution < -0.4 is 15.4 Å². The van der Waals surface area contributed by atoms with Crippen molar-refractivity contribution in [3.8, 4) is 0 Å². The number of benzene rings is 3. The number of hydrogen-bond donors (Lipinski definition) is 3. The maximum Gasteiger partial charge on any atom is 0.261 e. The molecule has 0 aliphatic heterocycles. The van der Waals surface area contributed by atoms with Gasteiger partial charge in [0.05, 0.1) is 10.6 Å². The zero-order chi connectivity index (χ0) is 24.1. The highest BCUT2D eigenvalue weighted by Gasteiger charge is 2.29. The molecule has 3 aromatic rings. The van der Waals surface area contributed by atoms with Crippen molar-refractivity contribution in [1.82, 2.24) is 10.6 Å². The van der Waals surface area contributed by atoms with Gasteiger partial charge in [-0.2, -0.15) is 0 Å². The number of carbonyl (C=O) groups excluding carboxylic acids is 2. The molecule has 0 saturated heterocycles. The lowest BCUT2D eigenvalue weighted by molar-refractivity contribution is -0.123. The fourth-order valence-corrected chi connectivity index (χ4v) is 4.43. The number of sulfonamides is 1. The third-order valence-corrected chi connectivity index (χ3v) is 6.75. The van der Waals surface area contributed by atoms with Crippen molar-refractivity contribution in [3.63, 3.8) is 0 Å². The third-order valence-electron chi connectivity index (χ3n) is 5.37. The van der Waals surface area contributed by atoms with Gasteiger partial charge in [-0.25, -0.2) is 12.8 Å². The Hall–Kier alpha value is -3.72. The summed E-state index contributed by atoms with van der Waals surface area (Å²) in [7, 11) is -4.05. The number of amides is 2. The monoisotopic (exact) mass is 481 g/mol. The highest BCUT2D eigenvalue weighted by Crippen LogP contribution is 2.20. The average Bonchev–Trinajstić information content (AvgIpc) is 3.65. The molecule has 1 unspecified atom stereocenters. The smallest absolute Gasteiger partial charge is 0.261 e. The molecule has 0 radical (unpaired) electrons. The molecule has 2 amide bonds. The predicted molar refractivity (Wildman–Crippen MR) is 126 cm³/mol. The summed E-state index contributed by atoms with van der Waals surface area (Å²) in [4.78, 5) is 25.4. The summed E-state index contributed by atoms with van der Waals surface area (Å²) in [5, 5.41) is 5.67. The molecule has 1 fully saturated rings. The van der Waals surface area contributed by atoms with E-state index in [1.807, 2.05) is 30.3 Å². The van der Waals surface area contributed by atoms with Crippen LogP contribution in [0.1, 0.15) is 28.8 Å². The first kappa shape index (κ1) is 23.4. The second-order valence-corrected chi connectivity index (χ2v) is 9.79. The molecule has 7 nitrogen and oxygen atoms in total. The van der Waals surface area contributed by atoms with Gasteiger partial charge in [0.1, 0.15) is 11.9 Å². The molecular weight excluding hydrogens is 457 g/mol. The van der Waals surface area contributed by atoms with Crippen LogP contribution in [0.5, 0.6) is 0 Å². The van der Waals surface area contributed by atoms with E-state index in [1.165, 1.54) is 42.5 Å². The van der Waals surface area contributed by atoms with Crippen molar-refractivity contribution in [3.05, 3.63) is 95.8 Å². The second kappa shape index (κ2) is 10.0. The topological polar surface area (TPSA) is 104 Å². The number of halogens is 1. The maximum absolute atomic E-state index is 13.8. The quantitative estimate of drug-likeness (QED) is 0.436. The molecule has 3 aromatic carbocycles. The molecular formula is C25H24FN3O4S. The number of rotatable bonds is 9. The van der Waals surface area contributed by atoms with E-state index in [0.717, 1.165) is 24.5 Å². The van der Waals surface area contributed by atoms with E-state index in [4.69, 9.17) is 0 Å². The second-order valence-electron chi connectivity index (χ2n) is 8.11. The Labute approximate surface area is 197 Å². The number of nitrogens with one attached hydrogen (secondary N) is 3. The molecule has 1 saturated carbocycles. The SMILES string of the molecule is O=C(NC(Cc1ccccc1)C(=O)NC1CC1)c1ccc(S(=O)(=O)Nc2ccccc2F)cc1. The largest absolute Gasteiger partial charge is 0.352 e. The Morgan fingerprint density at radius 1 is 0.912 bits per heavy atom.